The molecule has 29 heavy (non-hydrogen) atoms. The van der Waals surface area contributed by atoms with E-state index in [1.54, 1.807) is 31.8 Å². The minimum atomic E-state index is 0.545. The number of ether oxygens (including phenoxy) is 2. The maximum atomic E-state index is 5.39. The van der Waals surface area contributed by atoms with Crippen LogP contribution in [-0.2, 0) is 0 Å². The molecule has 0 amide bonds. The summed E-state index contributed by atoms with van der Waals surface area (Å²) in [7, 11) is 3.21. The Hall–Kier alpha value is -3.72. The van der Waals surface area contributed by atoms with Crippen LogP contribution in [-0.4, -0.2) is 39.4 Å². The topological polar surface area (TPSA) is 97.8 Å². The second kappa shape index (κ2) is 7.02. The lowest BCUT2D eigenvalue weighted by atomic mass is 10.2. The number of hydrogen-bond donors (Lipinski definition) is 2. The van der Waals surface area contributed by atoms with Crippen molar-refractivity contribution >= 4 is 44.1 Å². The van der Waals surface area contributed by atoms with Gasteiger partial charge in [-0.25, -0.2) is 15.0 Å². The molecule has 2 N–H and O–H groups in total. The average molecular weight is 404 g/mol. The van der Waals surface area contributed by atoms with Crippen LogP contribution in [0.4, 0.5) is 11.5 Å². The molecule has 5 aromatic rings. The normalized spacial score (nSPS) is 11.1. The molecular weight excluding hydrogens is 388 g/mol. The smallest absolute Gasteiger partial charge is 0.191 e. The van der Waals surface area contributed by atoms with E-state index in [2.05, 4.69) is 25.5 Å². The number of para-hydroxylation sites is 1. The predicted octanol–water partition coefficient (Wildman–Crippen LogP) is 4.39. The number of nitrogens with one attached hydrogen (secondary N) is 2. The van der Waals surface area contributed by atoms with E-state index in [1.165, 1.54) is 0 Å². The lowest BCUT2D eigenvalue weighted by Gasteiger charge is -2.11. The van der Waals surface area contributed by atoms with Crippen LogP contribution in [0.1, 0.15) is 0 Å². The van der Waals surface area contributed by atoms with Gasteiger partial charge in [-0.15, -0.1) is 11.3 Å². The summed E-state index contributed by atoms with van der Waals surface area (Å²) in [5, 5.41) is 11.1. The summed E-state index contributed by atoms with van der Waals surface area (Å²) in [6.07, 6.45) is 1.67. The van der Waals surface area contributed by atoms with Crippen molar-refractivity contribution in [1.82, 2.24) is 25.1 Å². The summed E-state index contributed by atoms with van der Waals surface area (Å²) in [4.78, 5) is 14.0. The number of fused-ring (bicyclic) bond motifs is 2. The fraction of sp³-hybridized carbons (Fsp3) is 0.100. The Kier molecular flexibility index (Phi) is 4.21. The number of hydrogen-bond acceptors (Lipinski definition) is 8. The van der Waals surface area contributed by atoms with Gasteiger partial charge in [-0.3, -0.25) is 5.10 Å². The van der Waals surface area contributed by atoms with Crippen molar-refractivity contribution in [2.24, 2.45) is 0 Å². The largest absolute Gasteiger partial charge is 0.493 e. The van der Waals surface area contributed by atoms with Crippen LogP contribution >= 0.6 is 11.3 Å². The van der Waals surface area contributed by atoms with Gasteiger partial charge in [-0.1, -0.05) is 12.1 Å². The number of methoxy groups -OCH3 is 2. The van der Waals surface area contributed by atoms with Crippen molar-refractivity contribution in [3.05, 3.63) is 48.7 Å². The first kappa shape index (κ1) is 17.4. The van der Waals surface area contributed by atoms with Gasteiger partial charge in [0, 0.05) is 11.8 Å². The highest BCUT2D eigenvalue weighted by Gasteiger charge is 2.15. The van der Waals surface area contributed by atoms with Crippen LogP contribution in [0.25, 0.3) is 32.1 Å². The molecule has 2 aromatic carbocycles. The van der Waals surface area contributed by atoms with Gasteiger partial charge in [0.2, 0.25) is 0 Å². The van der Waals surface area contributed by atoms with E-state index in [4.69, 9.17) is 14.5 Å². The number of anilines is 2. The lowest BCUT2D eigenvalue weighted by molar-refractivity contribution is 0.355. The SMILES string of the molecule is COc1ccc(Nc2nc(-c3nc4ccccc4s3)nc3cn[nH]c23)cc1OC. The van der Waals surface area contributed by atoms with Gasteiger partial charge in [-0.2, -0.15) is 5.10 Å². The maximum absolute atomic E-state index is 5.39. The van der Waals surface area contributed by atoms with Crippen LogP contribution in [0, 0.1) is 0 Å². The van der Waals surface area contributed by atoms with Gasteiger partial charge in [0.05, 0.1) is 30.6 Å². The Morgan fingerprint density at radius 3 is 2.62 bits per heavy atom. The van der Waals surface area contributed by atoms with Crippen molar-refractivity contribution in [3.8, 4) is 22.3 Å². The monoisotopic (exact) mass is 404 g/mol. The number of H-pyrrole nitrogens is 1. The third-order valence-electron chi connectivity index (χ3n) is 4.43. The summed E-state index contributed by atoms with van der Waals surface area (Å²) < 4.78 is 11.8. The van der Waals surface area contributed by atoms with Crippen molar-refractivity contribution < 1.29 is 9.47 Å². The Morgan fingerprint density at radius 1 is 0.931 bits per heavy atom. The van der Waals surface area contributed by atoms with Crippen LogP contribution in [0.5, 0.6) is 11.5 Å². The first-order valence-corrected chi connectivity index (χ1v) is 9.63. The van der Waals surface area contributed by atoms with Crippen LogP contribution < -0.4 is 14.8 Å². The average Bonchev–Trinajstić information content (AvgIpc) is 3.40. The first-order chi connectivity index (χ1) is 14.2. The molecule has 0 saturated carbocycles. The first-order valence-electron chi connectivity index (χ1n) is 8.81. The van der Waals surface area contributed by atoms with E-state index in [0.29, 0.717) is 34.2 Å². The zero-order chi connectivity index (χ0) is 19.8. The van der Waals surface area contributed by atoms with Gasteiger partial charge >= 0.3 is 0 Å². The number of nitrogens with zero attached hydrogens (tertiary/aromatic N) is 4. The second-order valence-corrected chi connectivity index (χ2v) is 7.24. The molecule has 0 radical (unpaired) electrons. The fourth-order valence-corrected chi connectivity index (χ4v) is 3.94. The summed E-state index contributed by atoms with van der Waals surface area (Å²) in [5.74, 6) is 2.43. The van der Waals surface area contributed by atoms with E-state index in [-0.39, 0.29) is 0 Å². The second-order valence-electron chi connectivity index (χ2n) is 6.21. The summed E-state index contributed by atoms with van der Waals surface area (Å²) in [6.45, 7) is 0. The molecule has 0 spiro atoms. The number of aromatic amines is 1. The zero-order valence-electron chi connectivity index (χ0n) is 15.6. The third kappa shape index (κ3) is 3.11. The summed E-state index contributed by atoms with van der Waals surface area (Å²) >= 11 is 1.56. The predicted molar refractivity (Wildman–Crippen MR) is 113 cm³/mol. The Labute approximate surface area is 169 Å². The van der Waals surface area contributed by atoms with E-state index >= 15 is 0 Å². The molecule has 8 nitrogen and oxygen atoms in total. The van der Waals surface area contributed by atoms with E-state index in [0.717, 1.165) is 20.9 Å². The van der Waals surface area contributed by atoms with Crippen LogP contribution in [0.2, 0.25) is 0 Å². The number of thiazole rings is 1. The minimum Gasteiger partial charge on any atom is -0.493 e. The molecule has 0 fully saturated rings. The van der Waals surface area contributed by atoms with Crippen molar-refractivity contribution in [2.75, 3.05) is 19.5 Å². The summed E-state index contributed by atoms with van der Waals surface area (Å²) in [5.41, 5.74) is 3.15. The zero-order valence-corrected chi connectivity index (χ0v) is 16.4. The molecule has 0 saturated heterocycles. The Morgan fingerprint density at radius 2 is 1.79 bits per heavy atom. The number of rotatable bonds is 5. The molecular formula is C20H16N6O2S. The maximum Gasteiger partial charge on any atom is 0.191 e. The van der Waals surface area contributed by atoms with E-state index in [1.807, 2.05) is 42.5 Å². The van der Waals surface area contributed by atoms with E-state index < -0.39 is 0 Å². The molecule has 0 unspecified atom stereocenters. The molecule has 0 aliphatic carbocycles. The molecule has 3 aromatic heterocycles. The van der Waals surface area contributed by atoms with Crippen molar-refractivity contribution in [1.29, 1.82) is 0 Å². The fourth-order valence-electron chi connectivity index (χ4n) is 3.04. The number of benzene rings is 2. The number of aromatic nitrogens is 5. The minimum absolute atomic E-state index is 0.545. The molecule has 0 aliphatic rings. The third-order valence-corrected chi connectivity index (χ3v) is 5.46. The quantitative estimate of drug-likeness (QED) is 0.448. The highest BCUT2D eigenvalue weighted by atomic mass is 32.1. The van der Waals surface area contributed by atoms with Crippen molar-refractivity contribution in [3.63, 3.8) is 0 Å². The van der Waals surface area contributed by atoms with Gasteiger partial charge in [-0.05, 0) is 24.3 Å². The molecule has 3 heterocycles. The van der Waals surface area contributed by atoms with Crippen molar-refractivity contribution in [2.45, 2.75) is 0 Å². The molecule has 9 heteroatoms. The van der Waals surface area contributed by atoms with Crippen LogP contribution in [0.15, 0.2) is 48.7 Å². The molecule has 0 aliphatic heterocycles. The van der Waals surface area contributed by atoms with Gasteiger partial charge in [0.25, 0.3) is 0 Å². The Bertz CT molecular complexity index is 1300. The Balaban J connectivity index is 1.59. The standard InChI is InChI=1S/C20H16N6O2S/c1-27-14-8-7-11(9-15(14)28-2)22-18-17-13(10-21-26-17)23-19(25-18)20-24-12-5-3-4-6-16(12)29-20/h3-10H,1-2H3,(H,21,26)(H,22,23,25). The highest BCUT2D eigenvalue weighted by Crippen LogP contribution is 2.33. The molecule has 144 valence electrons. The molecule has 0 atom stereocenters. The van der Waals surface area contributed by atoms with Crippen LogP contribution in [0.3, 0.4) is 0 Å². The molecule has 5 rings (SSSR count). The van der Waals surface area contributed by atoms with Gasteiger partial charge < -0.3 is 14.8 Å². The van der Waals surface area contributed by atoms with Gasteiger partial charge in [0.1, 0.15) is 11.0 Å². The van der Waals surface area contributed by atoms with Gasteiger partial charge in [0.15, 0.2) is 28.1 Å². The van der Waals surface area contributed by atoms with E-state index in [9.17, 15) is 0 Å². The molecule has 0 bridgehead atoms. The highest BCUT2D eigenvalue weighted by molar-refractivity contribution is 7.21. The lowest BCUT2D eigenvalue weighted by Crippen LogP contribution is -2.00. The summed E-state index contributed by atoms with van der Waals surface area (Å²) in [6, 6.07) is 13.6.